The average Bonchev–Trinajstić information content (AvgIpc) is 3.38. The molecule has 0 spiro atoms. The van der Waals surface area contributed by atoms with Crippen LogP contribution in [-0.4, -0.2) is 59.8 Å². The number of hydrogen-bond acceptors (Lipinski definition) is 5. The summed E-state index contributed by atoms with van der Waals surface area (Å²) < 4.78 is 5.17. The van der Waals surface area contributed by atoms with E-state index in [2.05, 4.69) is 22.3 Å². The quantitative estimate of drug-likeness (QED) is 0.595. The Balaban J connectivity index is 1.54. The smallest absolute Gasteiger partial charge is 0.325 e. The lowest BCUT2D eigenvalue weighted by Crippen LogP contribution is -2.45. The third-order valence-corrected chi connectivity index (χ3v) is 6.02. The lowest BCUT2D eigenvalue weighted by atomic mass is 10.1. The van der Waals surface area contributed by atoms with Gasteiger partial charge in [-0.3, -0.25) is 14.7 Å². The van der Waals surface area contributed by atoms with Crippen molar-refractivity contribution in [3.63, 3.8) is 0 Å². The van der Waals surface area contributed by atoms with Gasteiger partial charge in [-0.05, 0) is 55.5 Å². The van der Waals surface area contributed by atoms with Gasteiger partial charge in [-0.2, -0.15) is 5.10 Å². The molecule has 0 unspecified atom stereocenters. The third kappa shape index (κ3) is 4.40. The van der Waals surface area contributed by atoms with Crippen molar-refractivity contribution >= 4 is 28.5 Å². The van der Waals surface area contributed by atoms with Crippen molar-refractivity contribution in [1.82, 2.24) is 15.1 Å². The maximum Gasteiger partial charge on any atom is 0.325 e. The summed E-state index contributed by atoms with van der Waals surface area (Å²) in [4.78, 5) is 29.2. The fourth-order valence-corrected chi connectivity index (χ4v) is 4.30. The zero-order chi connectivity index (χ0) is 22.0. The van der Waals surface area contributed by atoms with E-state index in [9.17, 15) is 9.59 Å². The Labute approximate surface area is 182 Å². The minimum absolute atomic E-state index is 0.0164. The van der Waals surface area contributed by atoms with E-state index in [1.807, 2.05) is 43.1 Å². The number of aryl methyl sites for hydroxylation is 1. The van der Waals surface area contributed by atoms with Gasteiger partial charge >= 0.3 is 5.97 Å². The van der Waals surface area contributed by atoms with Crippen LogP contribution >= 0.6 is 0 Å². The Kier molecular flexibility index (Phi) is 5.93. The van der Waals surface area contributed by atoms with Gasteiger partial charge in [0.1, 0.15) is 6.54 Å². The Hall–Kier alpha value is -3.35. The van der Waals surface area contributed by atoms with Crippen LogP contribution in [0.15, 0.2) is 42.6 Å². The standard InChI is InChI=1S/C24H28N4O3/c1-4-31-24(30)15-28(22-12-19-13-25-26-21(19)9-16(22)2)14-23(29)27(3)20-10-17-7-5-6-8-18(17)11-20/h5-9,12-13,20H,4,10-11,14-15H2,1-3H3,(H,25,26). The van der Waals surface area contributed by atoms with Crippen LogP contribution < -0.4 is 4.90 Å². The Morgan fingerprint density at radius 1 is 1.16 bits per heavy atom. The molecule has 0 bridgehead atoms. The van der Waals surface area contributed by atoms with Gasteiger partial charge in [0, 0.05) is 24.2 Å². The maximum atomic E-state index is 13.2. The molecule has 3 aromatic rings. The predicted molar refractivity (Wildman–Crippen MR) is 120 cm³/mol. The first kappa shape index (κ1) is 20.9. The minimum atomic E-state index is -0.349. The number of aromatic amines is 1. The van der Waals surface area contributed by atoms with Gasteiger partial charge in [0.05, 0.1) is 24.9 Å². The molecule has 7 nitrogen and oxygen atoms in total. The molecular formula is C24H28N4O3. The number of aromatic nitrogens is 2. The lowest BCUT2D eigenvalue weighted by Gasteiger charge is -2.30. The highest BCUT2D eigenvalue weighted by Crippen LogP contribution is 2.27. The van der Waals surface area contributed by atoms with Gasteiger partial charge in [0.15, 0.2) is 0 Å². The van der Waals surface area contributed by atoms with E-state index in [1.165, 1.54) is 11.1 Å². The molecule has 0 atom stereocenters. The van der Waals surface area contributed by atoms with Crippen LogP contribution in [0.3, 0.4) is 0 Å². The number of hydrogen-bond donors (Lipinski definition) is 1. The first-order chi connectivity index (χ1) is 15.0. The molecule has 7 heteroatoms. The fourth-order valence-electron chi connectivity index (χ4n) is 4.30. The summed E-state index contributed by atoms with van der Waals surface area (Å²) in [6.45, 7) is 4.17. The summed E-state index contributed by atoms with van der Waals surface area (Å²) >= 11 is 0. The van der Waals surface area contributed by atoms with Gasteiger partial charge in [-0.1, -0.05) is 24.3 Å². The zero-order valence-electron chi connectivity index (χ0n) is 18.2. The summed E-state index contributed by atoms with van der Waals surface area (Å²) in [5, 5.41) is 7.97. The van der Waals surface area contributed by atoms with E-state index < -0.39 is 0 Å². The number of amides is 1. The summed E-state index contributed by atoms with van der Waals surface area (Å²) in [5.74, 6) is -0.369. The average molecular weight is 421 g/mol. The number of esters is 1. The maximum absolute atomic E-state index is 13.2. The van der Waals surface area contributed by atoms with Crippen molar-refractivity contribution in [3.8, 4) is 0 Å². The Bertz CT molecular complexity index is 1080. The molecular weight excluding hydrogens is 392 g/mol. The molecule has 1 N–H and O–H groups in total. The zero-order valence-corrected chi connectivity index (χ0v) is 18.2. The van der Waals surface area contributed by atoms with Crippen LogP contribution in [-0.2, 0) is 27.2 Å². The molecule has 0 aliphatic heterocycles. The highest BCUT2D eigenvalue weighted by molar-refractivity contribution is 5.89. The van der Waals surface area contributed by atoms with E-state index in [0.29, 0.717) is 6.61 Å². The third-order valence-electron chi connectivity index (χ3n) is 6.02. The number of rotatable bonds is 7. The number of H-pyrrole nitrogens is 1. The van der Waals surface area contributed by atoms with Crippen molar-refractivity contribution in [2.75, 3.05) is 31.6 Å². The second kappa shape index (κ2) is 8.79. The normalized spacial score (nSPS) is 13.3. The van der Waals surface area contributed by atoms with E-state index in [1.54, 1.807) is 18.0 Å². The molecule has 1 amide bonds. The molecule has 4 rings (SSSR count). The molecule has 1 aliphatic carbocycles. The highest BCUT2D eigenvalue weighted by Gasteiger charge is 2.29. The first-order valence-electron chi connectivity index (χ1n) is 10.6. The van der Waals surface area contributed by atoms with Crippen molar-refractivity contribution in [3.05, 3.63) is 59.3 Å². The second-order valence-electron chi connectivity index (χ2n) is 8.09. The fraction of sp³-hybridized carbons (Fsp3) is 0.375. The predicted octanol–water partition coefficient (Wildman–Crippen LogP) is 2.87. The SMILES string of the molecule is CCOC(=O)CN(CC(=O)N(C)C1Cc2ccccc2C1)c1cc2cn[nH]c2cc1C. The summed E-state index contributed by atoms with van der Waals surface area (Å²) in [6, 6.07) is 12.4. The number of carbonyl (C=O) groups is 2. The largest absolute Gasteiger partial charge is 0.465 e. The van der Waals surface area contributed by atoms with Gasteiger partial charge in [-0.25, -0.2) is 0 Å². The van der Waals surface area contributed by atoms with Gasteiger partial charge in [-0.15, -0.1) is 0 Å². The number of anilines is 1. The molecule has 0 saturated carbocycles. The van der Waals surface area contributed by atoms with E-state index in [-0.39, 0.29) is 31.0 Å². The first-order valence-corrected chi connectivity index (χ1v) is 10.6. The van der Waals surface area contributed by atoms with Crippen LogP contribution in [0.2, 0.25) is 0 Å². The van der Waals surface area contributed by atoms with Crippen LogP contribution in [0.5, 0.6) is 0 Å². The molecule has 1 heterocycles. The molecule has 31 heavy (non-hydrogen) atoms. The molecule has 1 aromatic heterocycles. The number of fused-ring (bicyclic) bond motifs is 2. The summed E-state index contributed by atoms with van der Waals surface area (Å²) in [6.07, 6.45) is 3.46. The second-order valence-corrected chi connectivity index (χ2v) is 8.09. The topological polar surface area (TPSA) is 78.5 Å². The molecule has 0 fully saturated rings. The van der Waals surface area contributed by atoms with E-state index in [4.69, 9.17) is 4.74 Å². The molecule has 1 aliphatic rings. The number of carbonyl (C=O) groups excluding carboxylic acids is 2. The van der Waals surface area contributed by atoms with Gasteiger partial charge in [0.25, 0.3) is 0 Å². The van der Waals surface area contributed by atoms with Gasteiger partial charge in [0.2, 0.25) is 5.91 Å². The van der Waals surface area contributed by atoms with E-state index in [0.717, 1.165) is 35.0 Å². The van der Waals surface area contributed by atoms with E-state index >= 15 is 0 Å². The molecule has 0 saturated heterocycles. The van der Waals surface area contributed by atoms with Crippen LogP contribution in [0.25, 0.3) is 10.9 Å². The van der Waals surface area contributed by atoms with Crippen LogP contribution in [0, 0.1) is 6.92 Å². The number of nitrogens with one attached hydrogen (secondary N) is 1. The van der Waals surface area contributed by atoms with Crippen molar-refractivity contribution in [1.29, 1.82) is 0 Å². The number of nitrogens with zero attached hydrogens (tertiary/aromatic N) is 3. The van der Waals surface area contributed by atoms with Crippen molar-refractivity contribution in [2.24, 2.45) is 0 Å². The lowest BCUT2D eigenvalue weighted by molar-refractivity contribution is -0.141. The van der Waals surface area contributed by atoms with Crippen molar-refractivity contribution in [2.45, 2.75) is 32.7 Å². The summed E-state index contributed by atoms with van der Waals surface area (Å²) in [5.41, 5.74) is 5.32. The molecule has 2 aromatic carbocycles. The Morgan fingerprint density at radius 2 is 1.87 bits per heavy atom. The number of likely N-dealkylation sites (N-methyl/N-ethyl adjacent to an activating group) is 1. The van der Waals surface area contributed by atoms with Crippen LogP contribution in [0.1, 0.15) is 23.6 Å². The summed E-state index contributed by atoms with van der Waals surface area (Å²) in [7, 11) is 1.85. The minimum Gasteiger partial charge on any atom is -0.465 e. The molecule has 162 valence electrons. The molecule has 0 radical (unpaired) electrons. The van der Waals surface area contributed by atoms with Crippen molar-refractivity contribution < 1.29 is 14.3 Å². The Morgan fingerprint density at radius 3 is 2.55 bits per heavy atom. The number of ether oxygens (including phenoxy) is 1. The van der Waals surface area contributed by atoms with Crippen LogP contribution in [0.4, 0.5) is 5.69 Å². The number of benzene rings is 2. The highest BCUT2D eigenvalue weighted by atomic mass is 16.5. The van der Waals surface area contributed by atoms with Gasteiger partial charge < -0.3 is 14.5 Å². The monoisotopic (exact) mass is 420 g/mol.